The number of carbonyl (C=O) groups is 1. The monoisotopic (exact) mass is 264 g/mol. The molecule has 2 unspecified atom stereocenters. The smallest absolute Gasteiger partial charge is 0.223 e. The Morgan fingerprint density at radius 1 is 1.53 bits per heavy atom. The van der Waals surface area contributed by atoms with E-state index in [-0.39, 0.29) is 11.8 Å². The number of hydrogen-bond donors (Lipinski definition) is 2. The molecule has 1 amide bonds. The lowest BCUT2D eigenvalue weighted by molar-refractivity contribution is -0.127. The van der Waals surface area contributed by atoms with Crippen LogP contribution in [-0.2, 0) is 18.4 Å². The Hall–Kier alpha value is -1.36. The number of aryl methyl sites for hydroxylation is 2. The van der Waals surface area contributed by atoms with Crippen LogP contribution in [0.25, 0.3) is 0 Å². The predicted octanol–water partition coefficient (Wildman–Crippen LogP) is 1.11. The van der Waals surface area contributed by atoms with Crippen LogP contribution < -0.4 is 11.1 Å². The van der Waals surface area contributed by atoms with Gasteiger partial charge >= 0.3 is 0 Å². The first kappa shape index (κ1) is 14.1. The highest BCUT2D eigenvalue weighted by Gasteiger charge is 2.29. The number of nitrogens with two attached hydrogens (primary N) is 1. The normalized spacial score (nSPS) is 23.3. The van der Waals surface area contributed by atoms with Gasteiger partial charge in [-0.2, -0.15) is 5.10 Å². The van der Waals surface area contributed by atoms with Crippen LogP contribution in [-0.4, -0.2) is 22.2 Å². The molecule has 1 fully saturated rings. The number of rotatable bonds is 4. The molecule has 1 aromatic rings. The summed E-state index contributed by atoms with van der Waals surface area (Å²) in [6.07, 6.45) is 6.35. The molecular formula is C14H24N4O. The lowest BCUT2D eigenvalue weighted by Gasteiger charge is -2.29. The zero-order valence-electron chi connectivity index (χ0n) is 11.9. The van der Waals surface area contributed by atoms with Gasteiger partial charge in [-0.25, -0.2) is 0 Å². The third kappa shape index (κ3) is 3.35. The molecule has 19 heavy (non-hydrogen) atoms. The highest BCUT2D eigenvalue weighted by molar-refractivity contribution is 5.79. The summed E-state index contributed by atoms with van der Waals surface area (Å²) < 4.78 is 1.78. The first-order chi connectivity index (χ1) is 9.11. The summed E-state index contributed by atoms with van der Waals surface area (Å²) in [6, 6.07) is 0. The van der Waals surface area contributed by atoms with Crippen LogP contribution >= 0.6 is 0 Å². The standard InChI is InChI=1S/C14H24N4O/c1-10-12(9-18(2)17-10)8-16-14(19)13-6-4-3-5-11(13)7-15/h9,11,13H,3-8,15H2,1-2H3,(H,16,19). The van der Waals surface area contributed by atoms with E-state index >= 15 is 0 Å². The average Bonchev–Trinajstić information content (AvgIpc) is 2.74. The van der Waals surface area contributed by atoms with Crippen molar-refractivity contribution in [1.82, 2.24) is 15.1 Å². The summed E-state index contributed by atoms with van der Waals surface area (Å²) in [5, 5.41) is 7.32. The van der Waals surface area contributed by atoms with Crippen molar-refractivity contribution in [3.63, 3.8) is 0 Å². The zero-order chi connectivity index (χ0) is 13.8. The van der Waals surface area contributed by atoms with E-state index in [1.807, 2.05) is 20.2 Å². The van der Waals surface area contributed by atoms with Gasteiger partial charge in [0, 0.05) is 31.3 Å². The molecule has 1 aliphatic carbocycles. The molecular weight excluding hydrogens is 240 g/mol. The lowest BCUT2D eigenvalue weighted by Crippen LogP contribution is -2.39. The van der Waals surface area contributed by atoms with Crippen LogP contribution in [0.5, 0.6) is 0 Å². The Labute approximate surface area is 114 Å². The van der Waals surface area contributed by atoms with E-state index in [0.717, 1.165) is 30.5 Å². The second kappa shape index (κ2) is 6.19. The molecule has 3 N–H and O–H groups in total. The molecule has 1 saturated carbocycles. The van der Waals surface area contributed by atoms with Crippen molar-refractivity contribution in [3.8, 4) is 0 Å². The Kier molecular flexibility index (Phi) is 4.58. The van der Waals surface area contributed by atoms with E-state index < -0.39 is 0 Å². The largest absolute Gasteiger partial charge is 0.352 e. The van der Waals surface area contributed by atoms with Crippen LogP contribution in [0.1, 0.15) is 36.9 Å². The van der Waals surface area contributed by atoms with Gasteiger partial charge in [-0.1, -0.05) is 12.8 Å². The van der Waals surface area contributed by atoms with E-state index in [1.165, 1.54) is 6.42 Å². The Bertz CT molecular complexity index is 441. The van der Waals surface area contributed by atoms with E-state index in [2.05, 4.69) is 10.4 Å². The van der Waals surface area contributed by atoms with Crippen LogP contribution in [0.15, 0.2) is 6.20 Å². The third-order valence-electron chi connectivity index (χ3n) is 4.12. The fraction of sp³-hybridized carbons (Fsp3) is 0.714. The summed E-state index contributed by atoms with van der Waals surface area (Å²) in [4.78, 5) is 12.3. The second-order valence-corrected chi connectivity index (χ2v) is 5.52. The Morgan fingerprint density at radius 2 is 2.26 bits per heavy atom. The zero-order valence-corrected chi connectivity index (χ0v) is 11.9. The Balaban J connectivity index is 1.91. The van der Waals surface area contributed by atoms with Gasteiger partial charge in [0.25, 0.3) is 0 Å². The van der Waals surface area contributed by atoms with Gasteiger partial charge in [0.2, 0.25) is 5.91 Å². The molecule has 5 heteroatoms. The summed E-state index contributed by atoms with van der Waals surface area (Å²) in [7, 11) is 1.89. The molecule has 0 spiro atoms. The third-order valence-corrected chi connectivity index (χ3v) is 4.12. The van der Waals surface area contributed by atoms with Gasteiger partial charge in [-0.15, -0.1) is 0 Å². The number of aromatic nitrogens is 2. The van der Waals surface area contributed by atoms with Crippen LogP contribution in [0.4, 0.5) is 0 Å². The summed E-state index contributed by atoms with van der Waals surface area (Å²) >= 11 is 0. The average molecular weight is 264 g/mol. The summed E-state index contributed by atoms with van der Waals surface area (Å²) in [6.45, 7) is 3.14. The topological polar surface area (TPSA) is 72.9 Å². The molecule has 0 aliphatic heterocycles. The molecule has 106 valence electrons. The van der Waals surface area contributed by atoms with Crippen molar-refractivity contribution in [3.05, 3.63) is 17.5 Å². The fourth-order valence-electron chi connectivity index (χ4n) is 2.97. The number of nitrogens with one attached hydrogen (secondary N) is 1. The fourth-order valence-corrected chi connectivity index (χ4v) is 2.97. The maximum Gasteiger partial charge on any atom is 0.223 e. The Morgan fingerprint density at radius 3 is 2.89 bits per heavy atom. The highest BCUT2D eigenvalue weighted by Crippen LogP contribution is 2.29. The van der Waals surface area contributed by atoms with Crippen molar-refractivity contribution in [2.75, 3.05) is 6.54 Å². The molecule has 0 radical (unpaired) electrons. The molecule has 2 rings (SSSR count). The molecule has 1 aromatic heterocycles. The summed E-state index contributed by atoms with van der Waals surface area (Å²) in [5.74, 6) is 0.595. The SMILES string of the molecule is Cc1nn(C)cc1CNC(=O)C1CCCCC1CN. The highest BCUT2D eigenvalue weighted by atomic mass is 16.1. The molecule has 0 saturated heterocycles. The maximum atomic E-state index is 12.3. The van der Waals surface area contributed by atoms with Gasteiger partial charge in [-0.3, -0.25) is 9.48 Å². The van der Waals surface area contributed by atoms with E-state index in [1.54, 1.807) is 4.68 Å². The van der Waals surface area contributed by atoms with E-state index in [0.29, 0.717) is 19.0 Å². The van der Waals surface area contributed by atoms with Gasteiger partial charge < -0.3 is 11.1 Å². The van der Waals surface area contributed by atoms with Crippen molar-refractivity contribution in [2.24, 2.45) is 24.6 Å². The van der Waals surface area contributed by atoms with Gasteiger partial charge in [0.1, 0.15) is 0 Å². The lowest BCUT2D eigenvalue weighted by atomic mass is 9.79. The second-order valence-electron chi connectivity index (χ2n) is 5.52. The maximum absolute atomic E-state index is 12.3. The van der Waals surface area contributed by atoms with E-state index in [9.17, 15) is 4.79 Å². The molecule has 1 heterocycles. The minimum Gasteiger partial charge on any atom is -0.352 e. The minimum atomic E-state index is 0.0933. The van der Waals surface area contributed by atoms with Crippen molar-refractivity contribution in [2.45, 2.75) is 39.2 Å². The molecule has 2 atom stereocenters. The van der Waals surface area contributed by atoms with Gasteiger partial charge in [0.05, 0.1) is 5.69 Å². The quantitative estimate of drug-likeness (QED) is 0.855. The van der Waals surface area contributed by atoms with Gasteiger partial charge in [-0.05, 0) is 32.2 Å². The van der Waals surface area contributed by atoms with Crippen molar-refractivity contribution >= 4 is 5.91 Å². The molecule has 0 aromatic carbocycles. The number of hydrogen-bond acceptors (Lipinski definition) is 3. The number of carbonyl (C=O) groups excluding carboxylic acids is 1. The molecule has 0 bridgehead atoms. The van der Waals surface area contributed by atoms with Crippen molar-refractivity contribution in [1.29, 1.82) is 0 Å². The van der Waals surface area contributed by atoms with Gasteiger partial charge in [0.15, 0.2) is 0 Å². The first-order valence-corrected chi connectivity index (χ1v) is 7.08. The number of nitrogens with zero attached hydrogens (tertiary/aromatic N) is 2. The van der Waals surface area contributed by atoms with E-state index in [4.69, 9.17) is 5.73 Å². The molecule has 5 nitrogen and oxygen atoms in total. The van der Waals surface area contributed by atoms with Crippen molar-refractivity contribution < 1.29 is 4.79 Å². The minimum absolute atomic E-state index is 0.0933. The summed E-state index contributed by atoms with van der Waals surface area (Å²) in [5.41, 5.74) is 7.83. The van der Waals surface area contributed by atoms with Crippen LogP contribution in [0.3, 0.4) is 0 Å². The van der Waals surface area contributed by atoms with Crippen LogP contribution in [0, 0.1) is 18.8 Å². The number of amides is 1. The first-order valence-electron chi connectivity index (χ1n) is 7.08. The molecule has 1 aliphatic rings. The van der Waals surface area contributed by atoms with Crippen LogP contribution in [0.2, 0.25) is 0 Å². The predicted molar refractivity (Wildman–Crippen MR) is 74.3 cm³/mol.